The summed E-state index contributed by atoms with van der Waals surface area (Å²) >= 11 is 7.27. The second-order valence-electron chi connectivity index (χ2n) is 6.88. The maximum atomic E-state index is 12.7. The average molecular weight is 390 g/mol. The van der Waals surface area contributed by atoms with E-state index in [-0.39, 0.29) is 6.04 Å². The summed E-state index contributed by atoms with van der Waals surface area (Å²) in [6, 6.07) is 5.23. The summed E-state index contributed by atoms with van der Waals surface area (Å²) < 4.78 is 29.4. The van der Waals surface area contributed by atoms with E-state index in [0.717, 1.165) is 22.1 Å². The summed E-state index contributed by atoms with van der Waals surface area (Å²) in [6.45, 7) is 7.17. The van der Waals surface area contributed by atoms with E-state index in [1.165, 1.54) is 11.3 Å². The molecule has 0 radical (unpaired) electrons. The van der Waals surface area contributed by atoms with Gasteiger partial charge in [-0.05, 0) is 76.1 Å². The Kier molecular flexibility index (Phi) is 5.98. The zero-order valence-corrected chi connectivity index (χ0v) is 16.8. The highest BCUT2D eigenvalue weighted by Crippen LogP contribution is 2.35. The number of fused-ring (bicyclic) bond motifs is 1. The topological polar surface area (TPSA) is 66.4 Å². The molecule has 0 aliphatic heterocycles. The van der Waals surface area contributed by atoms with Crippen molar-refractivity contribution < 1.29 is 13.5 Å². The van der Waals surface area contributed by atoms with Gasteiger partial charge in [-0.1, -0.05) is 11.6 Å². The quantitative estimate of drug-likeness (QED) is 0.734. The Balaban J connectivity index is 2.14. The van der Waals surface area contributed by atoms with Gasteiger partial charge in [-0.2, -0.15) is 0 Å². The zero-order valence-electron chi connectivity index (χ0n) is 14.4. The van der Waals surface area contributed by atoms with Crippen LogP contribution in [0.5, 0.6) is 0 Å². The maximum absolute atomic E-state index is 12.7. The standard InChI is InChI=1S/C17H24ClNO3S2/c1-11(6-5-9-17(3,4)20)19-24(21,22)16-12(2)14-10-13(18)7-8-15(14)23-16/h7-8,10-11,19-20H,5-6,9H2,1-4H3. The Labute approximate surface area is 152 Å². The van der Waals surface area contributed by atoms with Crippen molar-refractivity contribution in [3.05, 3.63) is 28.8 Å². The number of sulfonamides is 1. The molecule has 2 aromatic rings. The lowest BCUT2D eigenvalue weighted by atomic mass is 10.00. The molecule has 0 aliphatic carbocycles. The second-order valence-corrected chi connectivity index (χ2v) is 10.3. The van der Waals surface area contributed by atoms with Gasteiger partial charge in [0.1, 0.15) is 4.21 Å². The lowest BCUT2D eigenvalue weighted by Crippen LogP contribution is -2.32. The van der Waals surface area contributed by atoms with Gasteiger partial charge in [0.15, 0.2) is 0 Å². The van der Waals surface area contributed by atoms with Crippen molar-refractivity contribution in [2.45, 2.75) is 62.8 Å². The molecule has 0 amide bonds. The van der Waals surface area contributed by atoms with Crippen LogP contribution in [-0.2, 0) is 10.0 Å². The molecule has 1 unspecified atom stereocenters. The van der Waals surface area contributed by atoms with Gasteiger partial charge in [0.2, 0.25) is 0 Å². The highest BCUT2D eigenvalue weighted by atomic mass is 35.5. The van der Waals surface area contributed by atoms with Gasteiger partial charge in [0.05, 0.1) is 5.60 Å². The first-order chi connectivity index (χ1) is 11.0. The van der Waals surface area contributed by atoms with E-state index in [1.54, 1.807) is 26.0 Å². The van der Waals surface area contributed by atoms with Crippen LogP contribution in [-0.4, -0.2) is 25.2 Å². The molecule has 1 aromatic heterocycles. The predicted molar refractivity (Wildman–Crippen MR) is 102 cm³/mol. The molecule has 0 saturated heterocycles. The number of nitrogens with one attached hydrogen (secondary N) is 1. The molecule has 7 heteroatoms. The number of aryl methyl sites for hydroxylation is 1. The summed E-state index contributed by atoms with van der Waals surface area (Å²) in [5.41, 5.74) is 0.00798. The number of thiophene rings is 1. The first-order valence-corrected chi connectivity index (χ1v) is 10.6. The lowest BCUT2D eigenvalue weighted by molar-refractivity contribution is 0.0677. The number of benzene rings is 1. The number of rotatable bonds is 7. The highest BCUT2D eigenvalue weighted by Gasteiger charge is 2.24. The van der Waals surface area contributed by atoms with Crippen molar-refractivity contribution in [2.75, 3.05) is 0 Å². The van der Waals surface area contributed by atoms with Gasteiger partial charge in [-0.3, -0.25) is 0 Å². The number of hydrogen-bond donors (Lipinski definition) is 2. The largest absolute Gasteiger partial charge is 0.390 e. The minimum Gasteiger partial charge on any atom is -0.390 e. The Morgan fingerprint density at radius 2 is 2.04 bits per heavy atom. The van der Waals surface area contributed by atoms with Crippen LogP contribution >= 0.6 is 22.9 Å². The van der Waals surface area contributed by atoms with Gasteiger partial charge in [-0.15, -0.1) is 11.3 Å². The van der Waals surface area contributed by atoms with Crippen LogP contribution in [0.25, 0.3) is 10.1 Å². The fourth-order valence-electron chi connectivity index (χ4n) is 2.65. The maximum Gasteiger partial charge on any atom is 0.250 e. The van der Waals surface area contributed by atoms with Crippen LogP contribution in [0, 0.1) is 6.92 Å². The number of hydrogen-bond acceptors (Lipinski definition) is 4. The highest BCUT2D eigenvalue weighted by molar-refractivity contribution is 7.91. The van der Waals surface area contributed by atoms with Gasteiger partial charge in [0, 0.05) is 15.8 Å². The molecule has 4 nitrogen and oxygen atoms in total. The minimum absolute atomic E-state index is 0.189. The van der Waals surface area contributed by atoms with E-state index in [0.29, 0.717) is 22.1 Å². The van der Waals surface area contributed by atoms with E-state index in [4.69, 9.17) is 11.6 Å². The van der Waals surface area contributed by atoms with Gasteiger partial charge in [-0.25, -0.2) is 13.1 Å². The van der Waals surface area contributed by atoms with Gasteiger partial charge < -0.3 is 5.11 Å². The Hall–Kier alpha value is -0.660. The molecule has 1 atom stereocenters. The molecule has 0 saturated carbocycles. The zero-order chi connectivity index (χ0) is 18.1. The summed E-state index contributed by atoms with van der Waals surface area (Å²) in [7, 11) is -3.57. The first kappa shape index (κ1) is 19.7. The molecule has 1 aromatic carbocycles. The lowest BCUT2D eigenvalue weighted by Gasteiger charge is -2.19. The van der Waals surface area contributed by atoms with E-state index in [9.17, 15) is 13.5 Å². The van der Waals surface area contributed by atoms with Crippen LogP contribution in [0.15, 0.2) is 22.4 Å². The van der Waals surface area contributed by atoms with Crippen molar-refractivity contribution in [1.82, 2.24) is 4.72 Å². The fourth-order valence-corrected chi connectivity index (χ4v) is 5.86. The van der Waals surface area contributed by atoms with Crippen LogP contribution in [0.3, 0.4) is 0 Å². The molecule has 2 N–H and O–H groups in total. The number of halogens is 1. The summed E-state index contributed by atoms with van der Waals surface area (Å²) in [6.07, 6.45) is 2.08. The molecule has 0 spiro atoms. The van der Waals surface area contributed by atoms with Gasteiger partial charge >= 0.3 is 0 Å². The Morgan fingerprint density at radius 1 is 1.38 bits per heavy atom. The van der Waals surface area contributed by atoms with Crippen LogP contribution < -0.4 is 4.72 Å². The molecular formula is C17H24ClNO3S2. The predicted octanol–water partition coefficient (Wildman–Crippen LogP) is 4.47. The van der Waals surface area contributed by atoms with Crippen molar-refractivity contribution >= 4 is 43.0 Å². The fraction of sp³-hybridized carbons (Fsp3) is 0.529. The van der Waals surface area contributed by atoms with Crippen molar-refractivity contribution in [1.29, 1.82) is 0 Å². The number of aliphatic hydroxyl groups is 1. The third kappa shape index (κ3) is 4.92. The Bertz CT molecular complexity index is 822. The SMILES string of the molecule is Cc1c(S(=O)(=O)NC(C)CCCC(C)(C)O)sc2ccc(Cl)cc12. The van der Waals surface area contributed by atoms with Crippen LogP contribution in [0.4, 0.5) is 0 Å². The normalized spacial score (nSPS) is 14.2. The first-order valence-electron chi connectivity index (χ1n) is 7.93. The smallest absolute Gasteiger partial charge is 0.250 e. The van der Waals surface area contributed by atoms with Crippen LogP contribution in [0.2, 0.25) is 5.02 Å². The molecular weight excluding hydrogens is 366 g/mol. The second kappa shape index (κ2) is 7.30. The molecule has 0 bridgehead atoms. The van der Waals surface area contributed by atoms with Crippen LogP contribution in [0.1, 0.15) is 45.6 Å². The van der Waals surface area contributed by atoms with Crippen molar-refractivity contribution in [2.24, 2.45) is 0 Å². The van der Waals surface area contributed by atoms with E-state index < -0.39 is 15.6 Å². The molecule has 2 rings (SSSR count). The van der Waals surface area contributed by atoms with E-state index >= 15 is 0 Å². The van der Waals surface area contributed by atoms with E-state index in [1.807, 2.05) is 19.9 Å². The molecule has 134 valence electrons. The summed E-state index contributed by atoms with van der Waals surface area (Å²) in [5.74, 6) is 0. The molecule has 24 heavy (non-hydrogen) atoms. The molecule has 0 aliphatic rings. The monoisotopic (exact) mass is 389 g/mol. The summed E-state index contributed by atoms with van der Waals surface area (Å²) in [5, 5.41) is 11.2. The van der Waals surface area contributed by atoms with Crippen molar-refractivity contribution in [3.63, 3.8) is 0 Å². The molecule has 0 fully saturated rings. The third-order valence-electron chi connectivity index (χ3n) is 3.88. The average Bonchev–Trinajstić information content (AvgIpc) is 2.74. The van der Waals surface area contributed by atoms with Gasteiger partial charge in [0.25, 0.3) is 10.0 Å². The minimum atomic E-state index is -3.57. The summed E-state index contributed by atoms with van der Waals surface area (Å²) in [4.78, 5) is 0. The van der Waals surface area contributed by atoms with Crippen molar-refractivity contribution in [3.8, 4) is 0 Å². The third-order valence-corrected chi connectivity index (χ3v) is 7.60. The van der Waals surface area contributed by atoms with E-state index in [2.05, 4.69) is 4.72 Å². The molecule has 1 heterocycles. The Morgan fingerprint density at radius 3 is 2.67 bits per heavy atom.